The minimum Gasteiger partial charge on any atom is -0.449 e. The van der Waals surface area contributed by atoms with E-state index >= 15 is 0 Å². The molecule has 0 atom stereocenters. The number of carbonyl (C=O) groups is 1. The molecular weight excluding hydrogens is 260 g/mol. The predicted molar refractivity (Wildman–Crippen MR) is 66.0 cm³/mol. The summed E-state index contributed by atoms with van der Waals surface area (Å²) in [6.07, 6.45) is 0.843. The van der Waals surface area contributed by atoms with Gasteiger partial charge in [-0.25, -0.2) is 4.79 Å². The smallest absolute Gasteiger partial charge is 0.418 e. The number of carbonyl (C=O) groups excluding carboxylic acids is 1. The Kier molecular flexibility index (Phi) is 3.20. The average molecular weight is 269 g/mol. The summed E-state index contributed by atoms with van der Waals surface area (Å²) in [6.45, 7) is 1.91. The number of fused-ring (bicyclic) bond motifs is 1. The minimum absolute atomic E-state index is 0.0362. The van der Waals surface area contributed by atoms with Gasteiger partial charge in [0.25, 0.3) is 5.69 Å². The van der Waals surface area contributed by atoms with E-state index in [9.17, 15) is 14.9 Å². The maximum Gasteiger partial charge on any atom is 0.418 e. The summed E-state index contributed by atoms with van der Waals surface area (Å²) >= 11 is 5.78. The Labute approximate surface area is 107 Å². The van der Waals surface area contributed by atoms with Crippen molar-refractivity contribution in [1.82, 2.24) is 4.57 Å². The number of nitro benzene ring substituents is 1. The maximum atomic E-state index is 11.6. The van der Waals surface area contributed by atoms with Crippen molar-refractivity contribution >= 4 is 34.3 Å². The fraction of sp³-hybridized carbons (Fsp3) is 0.182. The van der Waals surface area contributed by atoms with E-state index in [1.54, 1.807) is 13.0 Å². The number of ether oxygens (including phenoxy) is 1. The maximum absolute atomic E-state index is 11.6. The molecule has 0 radical (unpaired) electrons. The number of rotatable bonds is 2. The predicted octanol–water partition coefficient (Wildman–Crippen LogP) is 3.21. The van der Waals surface area contributed by atoms with Crippen LogP contribution in [0.4, 0.5) is 10.5 Å². The van der Waals surface area contributed by atoms with Gasteiger partial charge in [0.2, 0.25) is 0 Å². The fourth-order valence-corrected chi connectivity index (χ4v) is 1.95. The summed E-state index contributed by atoms with van der Waals surface area (Å²) in [5.41, 5.74) is 0.182. The van der Waals surface area contributed by atoms with Gasteiger partial charge < -0.3 is 4.74 Å². The molecule has 2 rings (SSSR count). The first-order valence-corrected chi connectivity index (χ1v) is 5.55. The van der Waals surface area contributed by atoms with E-state index in [2.05, 4.69) is 0 Å². The average Bonchev–Trinajstić information content (AvgIpc) is 2.72. The van der Waals surface area contributed by atoms with E-state index in [4.69, 9.17) is 16.3 Å². The second-order valence-corrected chi connectivity index (χ2v) is 3.88. The Balaban J connectivity index is 2.65. The second kappa shape index (κ2) is 4.66. The Morgan fingerprint density at radius 3 is 2.83 bits per heavy atom. The largest absolute Gasteiger partial charge is 0.449 e. The molecule has 0 saturated heterocycles. The van der Waals surface area contributed by atoms with E-state index in [0.717, 1.165) is 0 Å². The monoisotopic (exact) mass is 268 g/mol. The van der Waals surface area contributed by atoms with Crippen LogP contribution in [0.25, 0.3) is 10.9 Å². The lowest BCUT2D eigenvalue weighted by Gasteiger charge is -2.04. The third-order valence-electron chi connectivity index (χ3n) is 2.44. The van der Waals surface area contributed by atoms with Gasteiger partial charge in [-0.05, 0) is 25.1 Å². The third kappa shape index (κ3) is 1.91. The number of hydrogen-bond acceptors (Lipinski definition) is 4. The Morgan fingerprint density at radius 1 is 1.50 bits per heavy atom. The van der Waals surface area contributed by atoms with E-state index < -0.39 is 11.0 Å². The molecule has 0 unspecified atom stereocenters. The molecule has 0 aliphatic heterocycles. The van der Waals surface area contributed by atoms with Gasteiger partial charge in [-0.2, -0.15) is 0 Å². The molecule has 0 amide bonds. The van der Waals surface area contributed by atoms with Crippen molar-refractivity contribution in [2.75, 3.05) is 6.61 Å². The molecule has 0 aliphatic carbocycles. The first-order valence-electron chi connectivity index (χ1n) is 5.17. The van der Waals surface area contributed by atoms with Gasteiger partial charge in [0.15, 0.2) is 0 Å². The SMILES string of the molecule is CCOC(=O)n1ccc2c([N+](=O)[O-])c(Cl)ccc21. The highest BCUT2D eigenvalue weighted by Gasteiger charge is 2.21. The first kappa shape index (κ1) is 12.4. The summed E-state index contributed by atoms with van der Waals surface area (Å²) in [5, 5.41) is 11.3. The van der Waals surface area contributed by atoms with E-state index in [1.165, 1.54) is 22.9 Å². The van der Waals surface area contributed by atoms with Gasteiger partial charge in [0.1, 0.15) is 5.02 Å². The van der Waals surface area contributed by atoms with Gasteiger partial charge in [-0.15, -0.1) is 0 Å². The number of aromatic nitrogens is 1. The summed E-state index contributed by atoms with van der Waals surface area (Å²) < 4.78 is 6.06. The summed E-state index contributed by atoms with van der Waals surface area (Å²) in [5.74, 6) is 0. The summed E-state index contributed by atoms with van der Waals surface area (Å²) in [4.78, 5) is 22.0. The minimum atomic E-state index is -0.580. The molecule has 0 bridgehead atoms. The lowest BCUT2D eigenvalue weighted by Crippen LogP contribution is -2.12. The Morgan fingerprint density at radius 2 is 2.22 bits per heavy atom. The van der Waals surface area contributed by atoms with E-state index in [0.29, 0.717) is 10.9 Å². The van der Waals surface area contributed by atoms with Gasteiger partial charge in [0, 0.05) is 6.20 Å². The van der Waals surface area contributed by atoms with Crippen LogP contribution in [0.2, 0.25) is 5.02 Å². The van der Waals surface area contributed by atoms with Gasteiger partial charge in [-0.3, -0.25) is 14.7 Å². The van der Waals surface area contributed by atoms with Crippen LogP contribution < -0.4 is 0 Å². The zero-order valence-corrected chi connectivity index (χ0v) is 10.2. The number of benzene rings is 1. The molecule has 1 aromatic carbocycles. The molecule has 94 valence electrons. The van der Waals surface area contributed by atoms with Crippen molar-refractivity contribution in [2.45, 2.75) is 6.92 Å². The molecule has 7 heteroatoms. The molecule has 1 heterocycles. The molecule has 1 aromatic heterocycles. The van der Waals surface area contributed by atoms with Crippen molar-refractivity contribution < 1.29 is 14.5 Å². The lowest BCUT2D eigenvalue weighted by molar-refractivity contribution is -0.382. The summed E-state index contributed by atoms with van der Waals surface area (Å²) in [7, 11) is 0. The summed E-state index contributed by atoms with van der Waals surface area (Å²) in [6, 6.07) is 4.40. The van der Waals surface area contributed by atoms with Crippen LogP contribution in [0, 0.1) is 10.1 Å². The van der Waals surface area contributed by atoms with Gasteiger partial charge >= 0.3 is 6.09 Å². The quantitative estimate of drug-likeness (QED) is 0.619. The molecule has 0 saturated carbocycles. The van der Waals surface area contributed by atoms with Crippen LogP contribution in [-0.2, 0) is 4.74 Å². The standard InChI is InChI=1S/C11H9ClN2O4/c1-2-18-11(15)13-6-5-7-9(13)4-3-8(12)10(7)14(16)17/h3-6H,2H2,1H3. The highest BCUT2D eigenvalue weighted by molar-refractivity contribution is 6.34. The van der Waals surface area contributed by atoms with Gasteiger partial charge in [-0.1, -0.05) is 11.6 Å². The second-order valence-electron chi connectivity index (χ2n) is 3.47. The molecule has 0 spiro atoms. The molecule has 0 aliphatic rings. The molecular formula is C11H9ClN2O4. The number of nitrogens with zero attached hydrogens (tertiary/aromatic N) is 2. The van der Waals surface area contributed by atoms with Crippen LogP contribution >= 0.6 is 11.6 Å². The zero-order chi connectivity index (χ0) is 13.3. The molecule has 0 fully saturated rings. The van der Waals surface area contributed by atoms with Gasteiger partial charge in [0.05, 0.1) is 22.4 Å². The zero-order valence-electron chi connectivity index (χ0n) is 9.42. The van der Waals surface area contributed by atoms with Crippen molar-refractivity contribution in [1.29, 1.82) is 0 Å². The van der Waals surface area contributed by atoms with Crippen LogP contribution in [-0.4, -0.2) is 22.2 Å². The topological polar surface area (TPSA) is 74.4 Å². The van der Waals surface area contributed by atoms with Crippen molar-refractivity contribution in [3.63, 3.8) is 0 Å². The van der Waals surface area contributed by atoms with E-state index in [-0.39, 0.29) is 17.3 Å². The normalized spacial score (nSPS) is 10.6. The Hall–Kier alpha value is -2.08. The third-order valence-corrected chi connectivity index (χ3v) is 2.75. The van der Waals surface area contributed by atoms with E-state index in [1.807, 2.05) is 0 Å². The van der Waals surface area contributed by atoms with Crippen LogP contribution in [0.5, 0.6) is 0 Å². The Bertz CT molecular complexity index is 635. The lowest BCUT2D eigenvalue weighted by atomic mass is 10.2. The number of nitro groups is 1. The highest BCUT2D eigenvalue weighted by atomic mass is 35.5. The van der Waals surface area contributed by atoms with Crippen molar-refractivity contribution in [2.24, 2.45) is 0 Å². The number of hydrogen-bond donors (Lipinski definition) is 0. The highest BCUT2D eigenvalue weighted by Crippen LogP contribution is 2.33. The number of halogens is 1. The van der Waals surface area contributed by atoms with Crippen LogP contribution in [0.15, 0.2) is 24.4 Å². The molecule has 6 nitrogen and oxygen atoms in total. The van der Waals surface area contributed by atoms with Crippen molar-refractivity contribution in [3.05, 3.63) is 39.5 Å². The molecule has 2 aromatic rings. The van der Waals surface area contributed by atoms with Crippen LogP contribution in [0.3, 0.4) is 0 Å². The molecule has 18 heavy (non-hydrogen) atoms. The van der Waals surface area contributed by atoms with Crippen molar-refractivity contribution in [3.8, 4) is 0 Å². The molecule has 0 N–H and O–H groups in total. The first-order chi connectivity index (χ1) is 8.56. The fourth-order valence-electron chi connectivity index (χ4n) is 1.71. The van der Waals surface area contributed by atoms with Crippen LogP contribution in [0.1, 0.15) is 6.92 Å².